The fourth-order valence-electron chi connectivity index (χ4n) is 1.09. The average molecular weight is 225 g/mol. The third-order valence-electron chi connectivity index (χ3n) is 1.97. The number of amides is 2. The first-order chi connectivity index (χ1) is 7.65. The summed E-state index contributed by atoms with van der Waals surface area (Å²) in [6.07, 6.45) is 2.72. The van der Waals surface area contributed by atoms with Crippen LogP contribution in [0.2, 0.25) is 0 Å². The Kier molecular flexibility index (Phi) is 4.53. The van der Waals surface area contributed by atoms with Crippen molar-refractivity contribution in [2.45, 2.75) is 13.0 Å². The molecule has 0 spiro atoms. The summed E-state index contributed by atoms with van der Waals surface area (Å²) in [4.78, 5) is 22.9. The number of hydrogen-bond donors (Lipinski definition) is 3. The van der Waals surface area contributed by atoms with Crippen LogP contribution in [0.4, 0.5) is 0 Å². The average Bonchev–Trinajstić information content (AvgIpc) is 2.79. The van der Waals surface area contributed by atoms with Gasteiger partial charge >= 0.3 is 0 Å². The minimum Gasteiger partial charge on any atom is -0.472 e. The van der Waals surface area contributed by atoms with E-state index in [9.17, 15) is 9.59 Å². The molecule has 0 saturated carbocycles. The Morgan fingerprint density at radius 1 is 1.56 bits per heavy atom. The Balaban J connectivity index is 2.42. The zero-order valence-corrected chi connectivity index (χ0v) is 9.03. The van der Waals surface area contributed by atoms with Crippen LogP contribution in [-0.4, -0.2) is 30.9 Å². The molecule has 1 rings (SSSR count). The summed E-state index contributed by atoms with van der Waals surface area (Å²) >= 11 is 0. The van der Waals surface area contributed by atoms with Gasteiger partial charge in [0, 0.05) is 13.1 Å². The summed E-state index contributed by atoms with van der Waals surface area (Å²) in [5.41, 5.74) is 5.63. The molecule has 0 bridgehead atoms. The Morgan fingerprint density at radius 3 is 2.88 bits per heavy atom. The van der Waals surface area contributed by atoms with Crippen molar-refractivity contribution in [1.29, 1.82) is 0 Å². The van der Waals surface area contributed by atoms with E-state index < -0.39 is 6.04 Å². The number of nitrogens with two attached hydrogens (primary N) is 1. The second-order valence-corrected chi connectivity index (χ2v) is 3.29. The van der Waals surface area contributed by atoms with Crippen LogP contribution >= 0.6 is 0 Å². The summed E-state index contributed by atoms with van der Waals surface area (Å²) in [6.45, 7) is 2.36. The highest BCUT2D eigenvalue weighted by molar-refractivity contribution is 5.97. The molecule has 88 valence electrons. The summed E-state index contributed by atoms with van der Waals surface area (Å²) in [7, 11) is 0. The molecule has 0 aliphatic heterocycles. The van der Waals surface area contributed by atoms with Crippen molar-refractivity contribution >= 4 is 11.8 Å². The number of hydrogen-bond acceptors (Lipinski definition) is 4. The van der Waals surface area contributed by atoms with Gasteiger partial charge in [0.1, 0.15) is 12.3 Å². The van der Waals surface area contributed by atoms with Gasteiger partial charge in [0.2, 0.25) is 5.91 Å². The molecule has 2 amide bonds. The molecule has 0 aliphatic rings. The quantitative estimate of drug-likeness (QED) is 0.627. The molecule has 1 aromatic rings. The standard InChI is InChI=1S/C10H15N3O3/c1-7(9(14)12-4-3-11)13-10(15)8-2-5-16-6-8/h2,5-7H,3-4,11H2,1H3,(H,12,14)(H,13,15). The van der Waals surface area contributed by atoms with E-state index in [1.54, 1.807) is 6.92 Å². The highest BCUT2D eigenvalue weighted by Crippen LogP contribution is 1.99. The van der Waals surface area contributed by atoms with Gasteiger partial charge in [-0.3, -0.25) is 9.59 Å². The first kappa shape index (κ1) is 12.3. The Bertz CT molecular complexity index is 348. The molecule has 0 aliphatic carbocycles. The van der Waals surface area contributed by atoms with E-state index in [4.69, 9.17) is 10.2 Å². The minimum atomic E-state index is -0.603. The van der Waals surface area contributed by atoms with Crippen molar-refractivity contribution in [3.8, 4) is 0 Å². The summed E-state index contributed by atoms with van der Waals surface area (Å²) < 4.78 is 4.76. The number of furan rings is 1. The van der Waals surface area contributed by atoms with Crippen LogP contribution in [0.5, 0.6) is 0 Å². The molecule has 0 fully saturated rings. The fraction of sp³-hybridized carbons (Fsp3) is 0.400. The Labute approximate surface area is 93.2 Å². The number of carbonyl (C=O) groups excluding carboxylic acids is 2. The van der Waals surface area contributed by atoms with Crippen LogP contribution in [0.3, 0.4) is 0 Å². The van der Waals surface area contributed by atoms with E-state index in [0.717, 1.165) is 0 Å². The summed E-state index contributed by atoms with van der Waals surface area (Å²) in [5.74, 6) is -0.605. The molecule has 0 radical (unpaired) electrons. The zero-order valence-electron chi connectivity index (χ0n) is 9.03. The SMILES string of the molecule is CC(NC(=O)c1ccoc1)C(=O)NCCN. The van der Waals surface area contributed by atoms with Gasteiger partial charge in [0.25, 0.3) is 5.91 Å². The first-order valence-electron chi connectivity index (χ1n) is 4.96. The van der Waals surface area contributed by atoms with Gasteiger partial charge in [0.05, 0.1) is 11.8 Å². The van der Waals surface area contributed by atoms with Crippen LogP contribution < -0.4 is 16.4 Å². The lowest BCUT2D eigenvalue weighted by atomic mass is 10.2. The maximum absolute atomic E-state index is 11.5. The number of nitrogens with one attached hydrogen (secondary N) is 2. The van der Waals surface area contributed by atoms with E-state index in [1.807, 2.05) is 0 Å². The van der Waals surface area contributed by atoms with Gasteiger partial charge in [-0.2, -0.15) is 0 Å². The van der Waals surface area contributed by atoms with Gasteiger partial charge < -0.3 is 20.8 Å². The molecule has 0 aromatic carbocycles. The highest BCUT2D eigenvalue weighted by Gasteiger charge is 2.16. The van der Waals surface area contributed by atoms with Crippen molar-refractivity contribution in [3.63, 3.8) is 0 Å². The van der Waals surface area contributed by atoms with Crippen molar-refractivity contribution in [2.24, 2.45) is 5.73 Å². The van der Waals surface area contributed by atoms with Gasteiger partial charge in [0.15, 0.2) is 0 Å². The molecule has 1 aromatic heterocycles. The normalized spacial score (nSPS) is 11.9. The molecule has 1 atom stereocenters. The molecule has 4 N–H and O–H groups in total. The Morgan fingerprint density at radius 2 is 2.31 bits per heavy atom. The number of carbonyl (C=O) groups is 2. The Hall–Kier alpha value is -1.82. The lowest BCUT2D eigenvalue weighted by Gasteiger charge is -2.12. The molecule has 1 unspecified atom stereocenters. The lowest BCUT2D eigenvalue weighted by molar-refractivity contribution is -0.122. The minimum absolute atomic E-state index is 0.262. The van der Waals surface area contributed by atoms with Crippen molar-refractivity contribution in [1.82, 2.24) is 10.6 Å². The highest BCUT2D eigenvalue weighted by atomic mass is 16.3. The lowest BCUT2D eigenvalue weighted by Crippen LogP contribution is -2.45. The van der Waals surface area contributed by atoms with E-state index in [1.165, 1.54) is 18.6 Å². The second kappa shape index (κ2) is 5.92. The molecule has 6 nitrogen and oxygen atoms in total. The monoisotopic (exact) mass is 225 g/mol. The maximum atomic E-state index is 11.5. The first-order valence-corrected chi connectivity index (χ1v) is 4.96. The van der Waals surface area contributed by atoms with E-state index in [0.29, 0.717) is 18.7 Å². The summed E-state index contributed by atoms with van der Waals surface area (Å²) in [6, 6.07) is 0.925. The topological polar surface area (TPSA) is 97.4 Å². The van der Waals surface area contributed by atoms with Gasteiger partial charge in [-0.1, -0.05) is 0 Å². The van der Waals surface area contributed by atoms with Gasteiger partial charge in [-0.05, 0) is 13.0 Å². The van der Waals surface area contributed by atoms with Crippen LogP contribution in [0.1, 0.15) is 17.3 Å². The third kappa shape index (κ3) is 3.39. The van der Waals surface area contributed by atoms with Crippen LogP contribution in [-0.2, 0) is 4.79 Å². The maximum Gasteiger partial charge on any atom is 0.255 e. The van der Waals surface area contributed by atoms with E-state index >= 15 is 0 Å². The molecule has 1 heterocycles. The van der Waals surface area contributed by atoms with E-state index in [2.05, 4.69) is 10.6 Å². The zero-order chi connectivity index (χ0) is 12.0. The summed E-state index contributed by atoms with van der Waals surface area (Å²) in [5, 5.41) is 5.12. The predicted molar refractivity (Wildman–Crippen MR) is 57.7 cm³/mol. The molecule has 16 heavy (non-hydrogen) atoms. The second-order valence-electron chi connectivity index (χ2n) is 3.29. The molecular formula is C10H15N3O3. The van der Waals surface area contributed by atoms with E-state index in [-0.39, 0.29) is 11.8 Å². The van der Waals surface area contributed by atoms with Gasteiger partial charge in [-0.15, -0.1) is 0 Å². The van der Waals surface area contributed by atoms with Crippen molar-refractivity contribution < 1.29 is 14.0 Å². The fourth-order valence-corrected chi connectivity index (χ4v) is 1.09. The third-order valence-corrected chi connectivity index (χ3v) is 1.97. The largest absolute Gasteiger partial charge is 0.472 e. The van der Waals surface area contributed by atoms with Crippen molar-refractivity contribution in [2.75, 3.05) is 13.1 Å². The number of rotatable bonds is 5. The van der Waals surface area contributed by atoms with Gasteiger partial charge in [-0.25, -0.2) is 0 Å². The molecular weight excluding hydrogens is 210 g/mol. The van der Waals surface area contributed by atoms with Crippen molar-refractivity contribution in [3.05, 3.63) is 24.2 Å². The smallest absolute Gasteiger partial charge is 0.255 e. The van der Waals surface area contributed by atoms with Crippen LogP contribution in [0.15, 0.2) is 23.0 Å². The molecule has 6 heteroatoms. The van der Waals surface area contributed by atoms with Crippen LogP contribution in [0, 0.1) is 0 Å². The molecule has 0 saturated heterocycles. The predicted octanol–water partition coefficient (Wildman–Crippen LogP) is -0.527. The van der Waals surface area contributed by atoms with Crippen LogP contribution in [0.25, 0.3) is 0 Å².